The molecule has 1 aromatic carbocycles. The summed E-state index contributed by atoms with van der Waals surface area (Å²) in [5.41, 5.74) is 5.99. The average molecular weight is 235 g/mol. The number of rotatable bonds is 1. The van der Waals surface area contributed by atoms with Crippen molar-refractivity contribution in [3.8, 4) is 11.5 Å². The standard InChI is InChI=1S/C10H13N5O2/c1-13-10(15-9(11)12)14-6-2-3-7-8(4-6)17-5-16-7/h2-4H,5H2,1H3,(H5,11,12,13,14,15). The molecule has 0 aromatic heterocycles. The van der Waals surface area contributed by atoms with Gasteiger partial charge in [0, 0.05) is 18.8 Å². The summed E-state index contributed by atoms with van der Waals surface area (Å²) < 4.78 is 10.4. The molecule has 5 N–H and O–H groups in total. The molecule has 0 bridgehead atoms. The second kappa shape index (κ2) is 4.60. The largest absolute Gasteiger partial charge is 0.454 e. The molecular formula is C10H13N5O2. The van der Waals surface area contributed by atoms with Gasteiger partial charge in [-0.3, -0.25) is 15.7 Å². The van der Waals surface area contributed by atoms with Gasteiger partial charge in [-0.05, 0) is 12.1 Å². The third-order valence-electron chi connectivity index (χ3n) is 2.11. The third-order valence-corrected chi connectivity index (χ3v) is 2.11. The first-order chi connectivity index (χ1) is 8.19. The number of hydrogen-bond acceptors (Lipinski definition) is 4. The van der Waals surface area contributed by atoms with Crippen LogP contribution in [0.25, 0.3) is 0 Å². The molecule has 0 saturated heterocycles. The predicted octanol–water partition coefficient (Wildman–Crippen LogP) is 0.296. The fraction of sp³-hybridized carbons (Fsp3) is 0.200. The molecule has 0 aliphatic carbocycles. The molecule has 1 aliphatic heterocycles. The zero-order valence-electron chi connectivity index (χ0n) is 9.28. The van der Waals surface area contributed by atoms with Gasteiger partial charge in [0.1, 0.15) is 0 Å². The third kappa shape index (κ3) is 2.57. The van der Waals surface area contributed by atoms with Crippen molar-refractivity contribution in [2.24, 2.45) is 10.7 Å². The molecule has 1 aromatic rings. The van der Waals surface area contributed by atoms with E-state index in [4.69, 9.17) is 20.6 Å². The highest BCUT2D eigenvalue weighted by molar-refractivity contribution is 6.03. The number of nitrogens with two attached hydrogens (primary N) is 1. The highest BCUT2D eigenvalue weighted by atomic mass is 16.7. The summed E-state index contributed by atoms with van der Waals surface area (Å²) in [6, 6.07) is 5.40. The van der Waals surface area contributed by atoms with Crippen molar-refractivity contribution in [3.05, 3.63) is 18.2 Å². The van der Waals surface area contributed by atoms with Crippen molar-refractivity contribution in [2.75, 3.05) is 19.2 Å². The maximum Gasteiger partial charge on any atom is 0.231 e. The van der Waals surface area contributed by atoms with E-state index in [1.54, 1.807) is 19.2 Å². The minimum absolute atomic E-state index is 0.182. The molecular weight excluding hydrogens is 222 g/mol. The smallest absolute Gasteiger partial charge is 0.231 e. The zero-order chi connectivity index (χ0) is 12.3. The van der Waals surface area contributed by atoms with Gasteiger partial charge >= 0.3 is 0 Å². The first-order valence-corrected chi connectivity index (χ1v) is 4.93. The fourth-order valence-corrected chi connectivity index (χ4v) is 1.38. The first-order valence-electron chi connectivity index (χ1n) is 4.93. The van der Waals surface area contributed by atoms with Crippen LogP contribution < -0.4 is 25.8 Å². The Morgan fingerprint density at radius 2 is 2.18 bits per heavy atom. The van der Waals surface area contributed by atoms with Crippen LogP contribution in [-0.2, 0) is 0 Å². The lowest BCUT2D eigenvalue weighted by Gasteiger charge is -2.10. The SMILES string of the molecule is C/N=C(/NC(=N)N)Nc1ccc2c(c1)OCO2. The molecule has 1 heterocycles. The quantitative estimate of drug-likeness (QED) is 0.414. The minimum atomic E-state index is -0.182. The van der Waals surface area contributed by atoms with Gasteiger partial charge in [-0.2, -0.15) is 0 Å². The van der Waals surface area contributed by atoms with Gasteiger partial charge in [0.25, 0.3) is 0 Å². The Morgan fingerprint density at radius 3 is 2.88 bits per heavy atom. The van der Waals surface area contributed by atoms with E-state index < -0.39 is 0 Å². The summed E-state index contributed by atoms with van der Waals surface area (Å²) in [4.78, 5) is 3.92. The van der Waals surface area contributed by atoms with Gasteiger partial charge in [-0.25, -0.2) is 0 Å². The molecule has 0 fully saturated rings. The number of anilines is 1. The molecule has 0 atom stereocenters. The Morgan fingerprint density at radius 1 is 1.41 bits per heavy atom. The molecule has 17 heavy (non-hydrogen) atoms. The maximum atomic E-state index is 7.12. The number of nitrogens with one attached hydrogen (secondary N) is 3. The second-order valence-electron chi connectivity index (χ2n) is 3.30. The number of nitrogens with zero attached hydrogens (tertiary/aromatic N) is 1. The van der Waals surface area contributed by atoms with E-state index in [1.807, 2.05) is 6.07 Å². The number of ether oxygens (including phenoxy) is 2. The van der Waals surface area contributed by atoms with Crippen molar-refractivity contribution < 1.29 is 9.47 Å². The highest BCUT2D eigenvalue weighted by Crippen LogP contribution is 2.34. The van der Waals surface area contributed by atoms with Crippen molar-refractivity contribution in [1.29, 1.82) is 5.41 Å². The highest BCUT2D eigenvalue weighted by Gasteiger charge is 2.13. The van der Waals surface area contributed by atoms with E-state index in [2.05, 4.69) is 15.6 Å². The van der Waals surface area contributed by atoms with E-state index in [0.29, 0.717) is 17.5 Å². The fourth-order valence-electron chi connectivity index (χ4n) is 1.38. The lowest BCUT2D eigenvalue weighted by atomic mass is 10.3. The maximum absolute atomic E-state index is 7.12. The summed E-state index contributed by atoms with van der Waals surface area (Å²) in [7, 11) is 1.59. The lowest BCUT2D eigenvalue weighted by Crippen LogP contribution is -2.39. The second-order valence-corrected chi connectivity index (χ2v) is 3.30. The Kier molecular flexibility index (Phi) is 2.99. The summed E-state index contributed by atoms with van der Waals surface area (Å²) in [5.74, 6) is 1.59. The molecule has 0 unspecified atom stereocenters. The lowest BCUT2D eigenvalue weighted by molar-refractivity contribution is 0.174. The molecule has 7 nitrogen and oxygen atoms in total. The van der Waals surface area contributed by atoms with Crippen LogP contribution in [0.4, 0.5) is 5.69 Å². The molecule has 0 radical (unpaired) electrons. The molecule has 1 aliphatic rings. The Bertz CT molecular complexity index is 472. The first kappa shape index (κ1) is 11.1. The van der Waals surface area contributed by atoms with E-state index >= 15 is 0 Å². The molecule has 0 spiro atoms. The summed E-state index contributed by atoms with van der Waals surface area (Å²) in [6.07, 6.45) is 0. The molecule has 90 valence electrons. The van der Waals surface area contributed by atoms with Crippen molar-refractivity contribution >= 4 is 17.6 Å². The van der Waals surface area contributed by atoms with Crippen LogP contribution in [0.5, 0.6) is 11.5 Å². The summed E-state index contributed by atoms with van der Waals surface area (Å²) >= 11 is 0. The van der Waals surface area contributed by atoms with Gasteiger partial charge in [0.05, 0.1) is 0 Å². The van der Waals surface area contributed by atoms with Crippen LogP contribution in [0.15, 0.2) is 23.2 Å². The predicted molar refractivity (Wildman–Crippen MR) is 64.6 cm³/mol. The van der Waals surface area contributed by atoms with Crippen LogP contribution in [0.3, 0.4) is 0 Å². The molecule has 0 saturated carbocycles. The van der Waals surface area contributed by atoms with Gasteiger partial charge in [-0.15, -0.1) is 0 Å². The number of aliphatic imine (C=N–C) groups is 1. The number of guanidine groups is 2. The van der Waals surface area contributed by atoms with Gasteiger partial charge in [0.15, 0.2) is 17.5 Å². The number of benzene rings is 1. The van der Waals surface area contributed by atoms with E-state index in [0.717, 1.165) is 5.69 Å². The Hall–Kier alpha value is -2.44. The monoisotopic (exact) mass is 235 g/mol. The molecule has 7 heteroatoms. The topological polar surface area (TPSA) is 105 Å². The molecule has 0 amide bonds. The normalized spacial score (nSPS) is 13.4. The van der Waals surface area contributed by atoms with E-state index in [1.165, 1.54) is 0 Å². The Balaban J connectivity index is 2.10. The Labute approximate surface area is 98.1 Å². The van der Waals surface area contributed by atoms with Crippen LogP contribution in [-0.4, -0.2) is 25.8 Å². The summed E-state index contributed by atoms with van der Waals surface area (Å²) in [5, 5.41) is 12.7. The molecule has 2 rings (SSSR count). The van der Waals surface area contributed by atoms with E-state index in [9.17, 15) is 0 Å². The van der Waals surface area contributed by atoms with Gasteiger partial charge in [0.2, 0.25) is 12.8 Å². The average Bonchev–Trinajstić information content (AvgIpc) is 2.74. The van der Waals surface area contributed by atoms with Gasteiger partial charge < -0.3 is 20.5 Å². The van der Waals surface area contributed by atoms with Gasteiger partial charge in [-0.1, -0.05) is 0 Å². The number of hydrogen-bond donors (Lipinski definition) is 4. The van der Waals surface area contributed by atoms with Crippen molar-refractivity contribution in [3.63, 3.8) is 0 Å². The van der Waals surface area contributed by atoms with Crippen LogP contribution in [0.1, 0.15) is 0 Å². The number of fused-ring (bicyclic) bond motifs is 1. The van der Waals surface area contributed by atoms with Crippen LogP contribution in [0, 0.1) is 5.41 Å². The van der Waals surface area contributed by atoms with Crippen LogP contribution >= 0.6 is 0 Å². The van der Waals surface area contributed by atoms with E-state index in [-0.39, 0.29) is 12.8 Å². The van der Waals surface area contributed by atoms with Crippen molar-refractivity contribution in [1.82, 2.24) is 5.32 Å². The van der Waals surface area contributed by atoms with Crippen molar-refractivity contribution in [2.45, 2.75) is 0 Å². The van der Waals surface area contributed by atoms with Crippen LogP contribution in [0.2, 0.25) is 0 Å². The zero-order valence-corrected chi connectivity index (χ0v) is 9.28. The summed E-state index contributed by atoms with van der Waals surface area (Å²) in [6.45, 7) is 0.235. The minimum Gasteiger partial charge on any atom is -0.454 e.